The molecule has 0 spiro atoms. The molecule has 142 valence electrons. The summed E-state index contributed by atoms with van der Waals surface area (Å²) in [6.45, 7) is 1.71. The van der Waals surface area contributed by atoms with Crippen LogP contribution in [0.15, 0.2) is 59.3 Å². The monoisotopic (exact) mass is 386 g/mol. The van der Waals surface area contributed by atoms with Crippen molar-refractivity contribution in [3.63, 3.8) is 0 Å². The quantitative estimate of drug-likeness (QED) is 0.555. The summed E-state index contributed by atoms with van der Waals surface area (Å²) in [4.78, 5) is 29.7. The van der Waals surface area contributed by atoms with E-state index in [0.717, 1.165) is 0 Å². The molecule has 2 N–H and O–H groups in total. The largest absolute Gasteiger partial charge is 0.360 e. The maximum atomic E-state index is 12.8. The molecule has 0 unspecified atom stereocenters. The van der Waals surface area contributed by atoms with E-state index in [0.29, 0.717) is 22.5 Å². The summed E-state index contributed by atoms with van der Waals surface area (Å²) in [6, 6.07) is 15.2. The highest BCUT2D eigenvalue weighted by Gasteiger charge is 2.22. The molecule has 0 aliphatic heterocycles. The second-order valence-electron chi connectivity index (χ2n) is 6.16. The first kappa shape index (κ1) is 17.9. The van der Waals surface area contributed by atoms with Crippen LogP contribution in [0.25, 0.3) is 5.52 Å². The summed E-state index contributed by atoms with van der Waals surface area (Å²) >= 11 is 0. The molecule has 0 saturated heterocycles. The maximum absolute atomic E-state index is 12.8. The van der Waals surface area contributed by atoms with Gasteiger partial charge in [0.2, 0.25) is 5.82 Å². The molecule has 0 atom stereocenters. The number of hydrogen-bond donors (Lipinski definition) is 2. The van der Waals surface area contributed by atoms with Gasteiger partial charge in [-0.2, -0.15) is 5.26 Å². The molecule has 0 saturated carbocycles. The molecule has 1 aromatic carbocycles. The number of rotatable bonds is 4. The summed E-state index contributed by atoms with van der Waals surface area (Å²) < 4.78 is 6.46. The molecule has 3 heterocycles. The molecular formula is C20H14N6O3. The number of pyridine rings is 1. The molecule has 3 aromatic heterocycles. The van der Waals surface area contributed by atoms with E-state index in [-0.39, 0.29) is 17.3 Å². The van der Waals surface area contributed by atoms with Crippen molar-refractivity contribution in [1.82, 2.24) is 14.5 Å². The summed E-state index contributed by atoms with van der Waals surface area (Å²) in [6.07, 6.45) is 1.64. The molecule has 4 rings (SSSR count). The fraction of sp³-hybridized carbons (Fsp3) is 0.0500. The van der Waals surface area contributed by atoms with Gasteiger partial charge in [0.15, 0.2) is 11.5 Å². The Kier molecular flexibility index (Phi) is 4.50. The van der Waals surface area contributed by atoms with E-state index < -0.39 is 11.8 Å². The van der Waals surface area contributed by atoms with Gasteiger partial charge in [0, 0.05) is 18.0 Å². The van der Waals surface area contributed by atoms with Crippen LogP contribution in [0, 0.1) is 18.3 Å². The van der Waals surface area contributed by atoms with Crippen molar-refractivity contribution in [2.45, 2.75) is 6.92 Å². The van der Waals surface area contributed by atoms with Gasteiger partial charge in [-0.25, -0.2) is 4.98 Å². The lowest BCUT2D eigenvalue weighted by Crippen LogP contribution is -2.16. The molecule has 9 nitrogen and oxygen atoms in total. The molecule has 29 heavy (non-hydrogen) atoms. The van der Waals surface area contributed by atoms with Gasteiger partial charge < -0.3 is 15.2 Å². The van der Waals surface area contributed by atoms with Gasteiger partial charge in [0.05, 0.1) is 17.1 Å². The highest BCUT2D eigenvalue weighted by Crippen LogP contribution is 2.17. The van der Waals surface area contributed by atoms with Crippen molar-refractivity contribution in [2.24, 2.45) is 0 Å². The van der Waals surface area contributed by atoms with Gasteiger partial charge in [0.1, 0.15) is 5.76 Å². The van der Waals surface area contributed by atoms with Gasteiger partial charge in [-0.1, -0.05) is 11.2 Å². The SMILES string of the molecule is Cc1cc(NC(=O)c2nc(C(=O)Nc3ccc(C#N)cc3)c3ccccn23)no1. The number of fused-ring (bicyclic) bond motifs is 1. The zero-order chi connectivity index (χ0) is 20.4. The number of carbonyl (C=O) groups excluding carboxylic acids is 2. The molecule has 0 fully saturated rings. The lowest BCUT2D eigenvalue weighted by molar-refractivity contribution is 0.101. The van der Waals surface area contributed by atoms with E-state index in [1.807, 2.05) is 6.07 Å². The molecular weight excluding hydrogens is 372 g/mol. The second-order valence-corrected chi connectivity index (χ2v) is 6.16. The summed E-state index contributed by atoms with van der Waals surface area (Å²) in [5, 5.41) is 17.9. The van der Waals surface area contributed by atoms with Crippen molar-refractivity contribution >= 4 is 28.8 Å². The van der Waals surface area contributed by atoms with E-state index in [2.05, 4.69) is 20.8 Å². The van der Waals surface area contributed by atoms with Gasteiger partial charge >= 0.3 is 0 Å². The van der Waals surface area contributed by atoms with Crippen molar-refractivity contribution in [3.05, 3.63) is 77.6 Å². The zero-order valence-corrected chi connectivity index (χ0v) is 15.2. The van der Waals surface area contributed by atoms with Crippen molar-refractivity contribution < 1.29 is 14.1 Å². The van der Waals surface area contributed by atoms with Crippen LogP contribution in [0.2, 0.25) is 0 Å². The topological polar surface area (TPSA) is 125 Å². The van der Waals surface area contributed by atoms with Gasteiger partial charge in [-0.3, -0.25) is 14.0 Å². The Morgan fingerprint density at radius 1 is 1.10 bits per heavy atom. The van der Waals surface area contributed by atoms with Crippen molar-refractivity contribution in [1.29, 1.82) is 5.26 Å². The van der Waals surface area contributed by atoms with Crippen LogP contribution in [0.1, 0.15) is 32.4 Å². The molecule has 9 heteroatoms. The Morgan fingerprint density at radius 3 is 2.59 bits per heavy atom. The molecule has 0 radical (unpaired) electrons. The average Bonchev–Trinajstić information content (AvgIpc) is 3.32. The maximum Gasteiger partial charge on any atom is 0.293 e. The van der Waals surface area contributed by atoms with Crippen LogP contribution in [0.3, 0.4) is 0 Å². The minimum absolute atomic E-state index is 0.0335. The third kappa shape index (κ3) is 3.54. The third-order valence-corrected chi connectivity index (χ3v) is 4.11. The summed E-state index contributed by atoms with van der Waals surface area (Å²) in [5.41, 5.74) is 1.56. The molecule has 0 bridgehead atoms. The highest BCUT2D eigenvalue weighted by molar-refractivity contribution is 6.10. The van der Waals surface area contributed by atoms with Gasteiger partial charge in [-0.15, -0.1) is 0 Å². The number of hydrogen-bond acceptors (Lipinski definition) is 6. The van der Waals surface area contributed by atoms with Crippen LogP contribution in [-0.4, -0.2) is 26.4 Å². The minimum atomic E-state index is -0.531. The smallest absolute Gasteiger partial charge is 0.293 e. The zero-order valence-electron chi connectivity index (χ0n) is 15.2. The number of nitrogens with zero attached hydrogens (tertiary/aromatic N) is 4. The Hall–Kier alpha value is -4.45. The number of carbonyl (C=O) groups is 2. The first-order valence-electron chi connectivity index (χ1n) is 8.58. The van der Waals surface area contributed by atoms with E-state index in [1.165, 1.54) is 4.40 Å². The van der Waals surface area contributed by atoms with Crippen LogP contribution in [0.4, 0.5) is 11.5 Å². The molecule has 0 aliphatic rings. The first-order valence-corrected chi connectivity index (χ1v) is 8.58. The molecule has 4 aromatic rings. The number of nitriles is 1. The molecule has 2 amide bonds. The van der Waals surface area contributed by atoms with Gasteiger partial charge in [-0.05, 0) is 43.3 Å². The van der Waals surface area contributed by atoms with Gasteiger partial charge in [0.25, 0.3) is 11.8 Å². The number of aryl methyl sites for hydroxylation is 1. The predicted molar refractivity (Wildman–Crippen MR) is 103 cm³/mol. The first-order chi connectivity index (χ1) is 14.0. The number of amides is 2. The van der Waals surface area contributed by atoms with E-state index >= 15 is 0 Å². The second kappa shape index (κ2) is 7.28. The van der Waals surface area contributed by atoms with E-state index in [4.69, 9.17) is 9.78 Å². The molecule has 0 aliphatic carbocycles. The van der Waals surface area contributed by atoms with Crippen LogP contribution in [0.5, 0.6) is 0 Å². The predicted octanol–water partition coefficient (Wildman–Crippen LogP) is 3.01. The fourth-order valence-electron chi connectivity index (χ4n) is 2.78. The lowest BCUT2D eigenvalue weighted by atomic mass is 10.2. The minimum Gasteiger partial charge on any atom is -0.360 e. The van der Waals surface area contributed by atoms with E-state index in [9.17, 15) is 9.59 Å². The van der Waals surface area contributed by atoms with E-state index in [1.54, 1.807) is 61.7 Å². The van der Waals surface area contributed by atoms with Crippen LogP contribution >= 0.6 is 0 Å². The third-order valence-electron chi connectivity index (χ3n) is 4.11. The Balaban J connectivity index is 1.65. The average molecular weight is 386 g/mol. The standard InChI is InChI=1S/C20H14N6O3/c1-12-10-16(25-29-12)23-20(28)18-24-17(15-4-2-3-9-26(15)18)19(27)22-14-7-5-13(11-21)6-8-14/h2-10H,1H3,(H,22,27)(H,23,25,28). The Labute approximate surface area is 164 Å². The Bertz CT molecular complexity index is 1260. The number of aromatic nitrogens is 3. The van der Waals surface area contributed by atoms with Crippen molar-refractivity contribution in [2.75, 3.05) is 10.6 Å². The summed E-state index contributed by atoms with van der Waals surface area (Å²) in [7, 11) is 0. The van der Waals surface area contributed by atoms with Crippen molar-refractivity contribution in [3.8, 4) is 6.07 Å². The van der Waals surface area contributed by atoms with Crippen LogP contribution in [-0.2, 0) is 0 Å². The summed E-state index contributed by atoms with van der Waals surface area (Å²) in [5.74, 6) is -0.169. The lowest BCUT2D eigenvalue weighted by Gasteiger charge is -2.03. The number of imidazole rings is 1. The number of benzene rings is 1. The van der Waals surface area contributed by atoms with Crippen LogP contribution < -0.4 is 10.6 Å². The normalized spacial score (nSPS) is 10.5. The number of anilines is 2. The fourth-order valence-corrected chi connectivity index (χ4v) is 2.78. The highest BCUT2D eigenvalue weighted by atomic mass is 16.5. The number of nitrogens with one attached hydrogen (secondary N) is 2. The Morgan fingerprint density at radius 2 is 1.90 bits per heavy atom.